The van der Waals surface area contributed by atoms with Gasteiger partial charge in [-0.1, -0.05) is 0 Å². The van der Waals surface area contributed by atoms with Gasteiger partial charge in [0.2, 0.25) is 0 Å². The van der Waals surface area contributed by atoms with E-state index in [4.69, 9.17) is 10.5 Å². The fourth-order valence-corrected chi connectivity index (χ4v) is 2.42. The first-order valence-electron chi connectivity index (χ1n) is 7.39. The van der Waals surface area contributed by atoms with Crippen LogP contribution in [-0.2, 0) is 0 Å². The molecular formula is C15H25N5O2. The number of nitrogens with one attached hydrogen (secondary N) is 1. The van der Waals surface area contributed by atoms with Gasteiger partial charge in [-0.05, 0) is 26.1 Å². The summed E-state index contributed by atoms with van der Waals surface area (Å²) in [6, 6.07) is 5.94. The number of benzene rings is 1. The van der Waals surface area contributed by atoms with Gasteiger partial charge in [0.25, 0.3) is 0 Å². The second-order valence-corrected chi connectivity index (χ2v) is 5.45. The molecule has 7 heteroatoms. The zero-order chi connectivity index (χ0) is 16.1. The molecule has 0 aliphatic carbocycles. The number of aliphatic hydroxyl groups excluding tert-OH is 1. The van der Waals surface area contributed by atoms with E-state index in [-0.39, 0.29) is 5.96 Å². The molecule has 0 amide bonds. The van der Waals surface area contributed by atoms with Gasteiger partial charge < -0.3 is 30.7 Å². The molecule has 1 atom stereocenters. The number of aliphatic hydroxyl groups is 1. The van der Waals surface area contributed by atoms with Crippen LogP contribution < -0.4 is 20.7 Å². The Hall–Kier alpha value is -1.99. The molecule has 0 radical (unpaired) electrons. The highest BCUT2D eigenvalue weighted by atomic mass is 16.5. The average molecular weight is 307 g/mol. The molecule has 1 unspecified atom stereocenters. The minimum absolute atomic E-state index is 0.153. The second-order valence-electron chi connectivity index (χ2n) is 5.45. The number of piperazine rings is 1. The van der Waals surface area contributed by atoms with Gasteiger partial charge in [-0.15, -0.1) is 0 Å². The van der Waals surface area contributed by atoms with Crippen LogP contribution in [-0.4, -0.2) is 62.5 Å². The summed E-state index contributed by atoms with van der Waals surface area (Å²) in [4.78, 5) is 8.49. The molecule has 122 valence electrons. The van der Waals surface area contributed by atoms with Crippen LogP contribution in [0.4, 0.5) is 11.4 Å². The monoisotopic (exact) mass is 307 g/mol. The maximum atomic E-state index is 9.21. The van der Waals surface area contributed by atoms with Gasteiger partial charge in [0, 0.05) is 37.9 Å². The topological polar surface area (TPSA) is 86.4 Å². The number of nitrogens with two attached hydrogens (primary N) is 1. The average Bonchev–Trinajstić information content (AvgIpc) is 2.47. The number of ether oxygens (including phenoxy) is 1. The Morgan fingerprint density at radius 3 is 2.64 bits per heavy atom. The van der Waals surface area contributed by atoms with Gasteiger partial charge in [-0.25, -0.2) is 4.99 Å². The Kier molecular flexibility index (Phi) is 5.46. The summed E-state index contributed by atoms with van der Waals surface area (Å²) < 4.78 is 5.43. The highest BCUT2D eigenvalue weighted by Crippen LogP contribution is 2.30. The van der Waals surface area contributed by atoms with E-state index in [9.17, 15) is 5.11 Å². The molecular weight excluding hydrogens is 282 g/mol. The summed E-state index contributed by atoms with van der Waals surface area (Å²) in [6.07, 6.45) is -0.844. The quantitative estimate of drug-likeness (QED) is 0.555. The van der Waals surface area contributed by atoms with E-state index >= 15 is 0 Å². The molecule has 1 aliphatic rings. The molecule has 2 rings (SSSR count). The van der Waals surface area contributed by atoms with E-state index in [0.717, 1.165) is 37.6 Å². The van der Waals surface area contributed by atoms with Gasteiger partial charge in [-0.3, -0.25) is 0 Å². The van der Waals surface area contributed by atoms with Crippen molar-refractivity contribution in [2.45, 2.75) is 13.2 Å². The van der Waals surface area contributed by atoms with Gasteiger partial charge in [0.1, 0.15) is 12.0 Å². The number of aliphatic imine (C=N–C) groups is 1. The third-order valence-electron chi connectivity index (χ3n) is 3.64. The van der Waals surface area contributed by atoms with Gasteiger partial charge in [-0.2, -0.15) is 0 Å². The number of guanidine groups is 1. The van der Waals surface area contributed by atoms with Crippen LogP contribution in [0, 0.1) is 0 Å². The standard InChI is InChI=1S/C15H25N5O2/c1-11(21)17-15(16)18-13-5-4-12(10-14(13)22-3)20-8-6-19(2)7-9-20/h4-5,10-11,21H,6-9H2,1-3H3,(H3,16,17,18). The van der Waals surface area contributed by atoms with E-state index in [1.54, 1.807) is 14.0 Å². The number of hydrogen-bond acceptors (Lipinski definition) is 5. The summed E-state index contributed by atoms with van der Waals surface area (Å²) in [5.74, 6) is 0.848. The molecule has 0 aromatic heterocycles. The molecule has 1 aliphatic heterocycles. The molecule has 1 fully saturated rings. The molecule has 1 aromatic rings. The van der Waals surface area contributed by atoms with Crippen molar-refractivity contribution in [2.75, 3.05) is 50.6 Å². The van der Waals surface area contributed by atoms with Crippen LogP contribution in [0.2, 0.25) is 0 Å². The van der Waals surface area contributed by atoms with Crippen LogP contribution in [0.5, 0.6) is 5.75 Å². The van der Waals surface area contributed by atoms with Crippen LogP contribution in [0.3, 0.4) is 0 Å². The number of nitrogens with zero attached hydrogens (tertiary/aromatic N) is 3. The van der Waals surface area contributed by atoms with E-state index < -0.39 is 6.23 Å². The molecule has 0 saturated carbocycles. The summed E-state index contributed by atoms with van der Waals surface area (Å²) in [5.41, 5.74) is 7.58. The first-order chi connectivity index (χ1) is 10.5. The number of anilines is 2. The van der Waals surface area contributed by atoms with Crippen molar-refractivity contribution >= 4 is 17.3 Å². The van der Waals surface area contributed by atoms with E-state index in [1.165, 1.54) is 0 Å². The van der Waals surface area contributed by atoms with E-state index in [1.807, 2.05) is 18.2 Å². The van der Waals surface area contributed by atoms with Crippen molar-refractivity contribution in [3.05, 3.63) is 18.2 Å². The van der Waals surface area contributed by atoms with Crippen LogP contribution in [0.15, 0.2) is 23.2 Å². The highest BCUT2D eigenvalue weighted by molar-refractivity contribution is 5.94. The molecule has 0 bridgehead atoms. The largest absolute Gasteiger partial charge is 0.494 e. The maximum Gasteiger partial charge on any atom is 0.195 e. The SMILES string of the molecule is COc1cc(N2CCN(C)CC2)ccc1NC(N)=NC(C)O. The maximum absolute atomic E-state index is 9.21. The van der Waals surface area contributed by atoms with Crippen LogP contribution in [0.25, 0.3) is 0 Å². The molecule has 1 heterocycles. The zero-order valence-electron chi connectivity index (χ0n) is 13.4. The predicted octanol–water partition coefficient (Wildman–Crippen LogP) is 0.512. The Morgan fingerprint density at radius 1 is 1.36 bits per heavy atom. The summed E-state index contributed by atoms with van der Waals surface area (Å²) in [7, 11) is 3.76. The first kappa shape index (κ1) is 16.4. The highest BCUT2D eigenvalue weighted by Gasteiger charge is 2.16. The molecule has 1 saturated heterocycles. The lowest BCUT2D eigenvalue weighted by Gasteiger charge is -2.34. The smallest absolute Gasteiger partial charge is 0.195 e. The third-order valence-corrected chi connectivity index (χ3v) is 3.64. The number of likely N-dealkylation sites (N-methyl/N-ethyl adjacent to an activating group) is 1. The second kappa shape index (κ2) is 7.33. The van der Waals surface area contributed by atoms with Crippen molar-refractivity contribution in [2.24, 2.45) is 10.7 Å². The zero-order valence-corrected chi connectivity index (χ0v) is 13.4. The summed E-state index contributed by atoms with van der Waals surface area (Å²) in [6.45, 7) is 5.64. The first-order valence-corrected chi connectivity index (χ1v) is 7.39. The molecule has 4 N–H and O–H groups in total. The lowest BCUT2D eigenvalue weighted by Crippen LogP contribution is -2.44. The number of rotatable bonds is 4. The lowest BCUT2D eigenvalue weighted by atomic mass is 10.2. The third kappa shape index (κ3) is 4.25. The van der Waals surface area contributed by atoms with E-state index in [2.05, 4.69) is 27.2 Å². The van der Waals surface area contributed by atoms with Crippen molar-refractivity contribution in [3.8, 4) is 5.75 Å². The Morgan fingerprint density at radius 2 is 2.05 bits per heavy atom. The molecule has 22 heavy (non-hydrogen) atoms. The summed E-state index contributed by atoms with van der Waals surface area (Å²) in [5, 5.41) is 12.2. The van der Waals surface area contributed by atoms with Crippen molar-refractivity contribution in [3.63, 3.8) is 0 Å². The van der Waals surface area contributed by atoms with Gasteiger partial charge in [0.15, 0.2) is 5.96 Å². The molecule has 7 nitrogen and oxygen atoms in total. The minimum atomic E-state index is -0.844. The fourth-order valence-electron chi connectivity index (χ4n) is 2.42. The van der Waals surface area contributed by atoms with Gasteiger partial charge >= 0.3 is 0 Å². The van der Waals surface area contributed by atoms with Crippen molar-refractivity contribution < 1.29 is 9.84 Å². The predicted molar refractivity (Wildman–Crippen MR) is 89.6 cm³/mol. The molecule has 0 spiro atoms. The van der Waals surface area contributed by atoms with Crippen LogP contribution in [0.1, 0.15) is 6.92 Å². The normalized spacial score (nSPS) is 18.2. The number of methoxy groups -OCH3 is 1. The molecule has 1 aromatic carbocycles. The van der Waals surface area contributed by atoms with E-state index in [0.29, 0.717) is 5.75 Å². The Balaban J connectivity index is 2.14. The lowest BCUT2D eigenvalue weighted by molar-refractivity contribution is 0.205. The number of hydrogen-bond donors (Lipinski definition) is 3. The van der Waals surface area contributed by atoms with Crippen molar-refractivity contribution in [1.29, 1.82) is 0 Å². The van der Waals surface area contributed by atoms with Gasteiger partial charge in [0.05, 0.1) is 12.8 Å². The summed E-state index contributed by atoms with van der Waals surface area (Å²) >= 11 is 0. The van der Waals surface area contributed by atoms with Crippen molar-refractivity contribution in [1.82, 2.24) is 4.90 Å². The Labute approximate surface area is 131 Å². The fraction of sp³-hybridized carbons (Fsp3) is 0.533. The Bertz CT molecular complexity index is 525. The van der Waals surface area contributed by atoms with Crippen LogP contribution >= 0.6 is 0 Å². The minimum Gasteiger partial charge on any atom is -0.494 e.